The maximum atomic E-state index is 13.0. The molecule has 0 saturated heterocycles. The van der Waals surface area contributed by atoms with E-state index in [1.807, 2.05) is 12.1 Å². The molecule has 0 heterocycles. The van der Waals surface area contributed by atoms with Gasteiger partial charge in [0.2, 0.25) is 0 Å². The standard InChI is InChI=1S/C16H25FN2O/c1-12-4-3-9-16(11-12,20-2)15(19-18)10-13-5-7-14(17)8-6-13/h5-8,12,15,19H,3-4,9-11,18H2,1-2H3. The lowest BCUT2D eigenvalue weighted by Crippen LogP contribution is -2.57. The predicted molar refractivity (Wildman–Crippen MR) is 78.6 cm³/mol. The summed E-state index contributed by atoms with van der Waals surface area (Å²) in [5.74, 6) is 6.22. The van der Waals surface area contributed by atoms with Crippen molar-refractivity contribution in [3.8, 4) is 0 Å². The van der Waals surface area contributed by atoms with Gasteiger partial charge < -0.3 is 4.74 Å². The normalized spacial score (nSPS) is 28.3. The molecule has 2 rings (SSSR count). The number of hydrogen-bond acceptors (Lipinski definition) is 3. The fourth-order valence-electron chi connectivity index (χ4n) is 3.44. The lowest BCUT2D eigenvalue weighted by molar-refractivity contribution is -0.0791. The van der Waals surface area contributed by atoms with Crippen LogP contribution < -0.4 is 11.3 Å². The molecule has 0 radical (unpaired) electrons. The van der Waals surface area contributed by atoms with Gasteiger partial charge >= 0.3 is 0 Å². The molecule has 0 amide bonds. The molecule has 1 aromatic rings. The Labute approximate surface area is 120 Å². The number of nitrogens with two attached hydrogens (primary N) is 1. The van der Waals surface area contributed by atoms with Crippen molar-refractivity contribution < 1.29 is 9.13 Å². The highest BCUT2D eigenvalue weighted by molar-refractivity contribution is 5.18. The zero-order valence-electron chi connectivity index (χ0n) is 12.4. The summed E-state index contributed by atoms with van der Waals surface area (Å²) in [4.78, 5) is 0. The number of hydrogen-bond donors (Lipinski definition) is 2. The Morgan fingerprint density at radius 2 is 2.15 bits per heavy atom. The summed E-state index contributed by atoms with van der Waals surface area (Å²) in [6.07, 6.45) is 5.19. The first kappa shape index (κ1) is 15.4. The second kappa shape index (κ2) is 6.66. The Morgan fingerprint density at radius 3 is 2.70 bits per heavy atom. The first-order valence-corrected chi connectivity index (χ1v) is 7.35. The molecule has 3 unspecified atom stereocenters. The van der Waals surface area contributed by atoms with E-state index in [-0.39, 0.29) is 17.5 Å². The fraction of sp³-hybridized carbons (Fsp3) is 0.625. The van der Waals surface area contributed by atoms with Gasteiger partial charge in [0, 0.05) is 7.11 Å². The number of ether oxygens (including phenoxy) is 1. The summed E-state index contributed by atoms with van der Waals surface area (Å²) in [6, 6.07) is 6.66. The van der Waals surface area contributed by atoms with Crippen LogP contribution in [0, 0.1) is 11.7 Å². The molecule has 0 bridgehead atoms. The van der Waals surface area contributed by atoms with Crippen molar-refractivity contribution in [2.45, 2.75) is 50.7 Å². The van der Waals surface area contributed by atoms with Gasteiger partial charge in [-0.25, -0.2) is 4.39 Å². The SMILES string of the molecule is COC1(C(Cc2ccc(F)cc2)NN)CCCC(C)C1. The average molecular weight is 280 g/mol. The highest BCUT2D eigenvalue weighted by atomic mass is 19.1. The van der Waals surface area contributed by atoms with E-state index in [1.54, 1.807) is 7.11 Å². The van der Waals surface area contributed by atoms with Crippen LogP contribution in [0.3, 0.4) is 0 Å². The van der Waals surface area contributed by atoms with Gasteiger partial charge in [-0.05, 0) is 42.9 Å². The van der Waals surface area contributed by atoms with E-state index in [0.29, 0.717) is 5.92 Å². The minimum Gasteiger partial charge on any atom is -0.377 e. The Kier molecular flexibility index (Phi) is 5.13. The van der Waals surface area contributed by atoms with Crippen molar-refractivity contribution in [3.05, 3.63) is 35.6 Å². The quantitative estimate of drug-likeness (QED) is 0.644. The number of benzene rings is 1. The number of rotatable bonds is 5. The summed E-state index contributed by atoms with van der Waals surface area (Å²) >= 11 is 0. The maximum Gasteiger partial charge on any atom is 0.123 e. The van der Waals surface area contributed by atoms with Crippen LogP contribution in [0.25, 0.3) is 0 Å². The van der Waals surface area contributed by atoms with E-state index in [1.165, 1.54) is 18.6 Å². The van der Waals surface area contributed by atoms with Crippen molar-refractivity contribution >= 4 is 0 Å². The number of halogens is 1. The van der Waals surface area contributed by atoms with E-state index in [9.17, 15) is 4.39 Å². The second-order valence-electron chi connectivity index (χ2n) is 6.02. The van der Waals surface area contributed by atoms with E-state index >= 15 is 0 Å². The predicted octanol–water partition coefficient (Wildman–Crippen LogP) is 2.80. The van der Waals surface area contributed by atoms with Gasteiger partial charge in [-0.2, -0.15) is 0 Å². The van der Waals surface area contributed by atoms with Crippen LogP contribution in [0.15, 0.2) is 24.3 Å². The van der Waals surface area contributed by atoms with Crippen LogP contribution >= 0.6 is 0 Å². The smallest absolute Gasteiger partial charge is 0.123 e. The average Bonchev–Trinajstić information content (AvgIpc) is 2.46. The summed E-state index contributed by atoms with van der Waals surface area (Å²) in [5.41, 5.74) is 3.78. The minimum atomic E-state index is -0.221. The Balaban J connectivity index is 2.14. The zero-order chi connectivity index (χ0) is 14.6. The Morgan fingerprint density at radius 1 is 1.45 bits per heavy atom. The largest absolute Gasteiger partial charge is 0.377 e. The van der Waals surface area contributed by atoms with Gasteiger partial charge in [-0.1, -0.05) is 31.9 Å². The third-order valence-corrected chi connectivity index (χ3v) is 4.59. The summed E-state index contributed by atoms with van der Waals surface area (Å²) in [6.45, 7) is 2.26. The molecule has 1 aliphatic carbocycles. The molecule has 0 spiro atoms. The van der Waals surface area contributed by atoms with E-state index < -0.39 is 0 Å². The Bertz CT molecular complexity index is 423. The third-order valence-electron chi connectivity index (χ3n) is 4.59. The van der Waals surface area contributed by atoms with Gasteiger partial charge in [-0.15, -0.1) is 0 Å². The van der Waals surface area contributed by atoms with Crippen molar-refractivity contribution in [1.29, 1.82) is 0 Å². The molecule has 0 aliphatic heterocycles. The van der Waals surface area contributed by atoms with Gasteiger partial charge in [0.1, 0.15) is 5.82 Å². The van der Waals surface area contributed by atoms with E-state index in [2.05, 4.69) is 12.3 Å². The Hall–Kier alpha value is -0.970. The molecule has 0 aromatic heterocycles. The fourth-order valence-corrected chi connectivity index (χ4v) is 3.44. The lowest BCUT2D eigenvalue weighted by atomic mass is 9.73. The first-order valence-electron chi connectivity index (χ1n) is 7.35. The molecular weight excluding hydrogens is 255 g/mol. The molecular formula is C16H25FN2O. The molecule has 3 atom stereocenters. The van der Waals surface area contributed by atoms with Crippen molar-refractivity contribution in [3.63, 3.8) is 0 Å². The zero-order valence-corrected chi connectivity index (χ0v) is 12.4. The van der Waals surface area contributed by atoms with Crippen LogP contribution in [0.5, 0.6) is 0 Å². The molecule has 20 heavy (non-hydrogen) atoms. The summed E-state index contributed by atoms with van der Waals surface area (Å²) in [5, 5.41) is 0. The number of hydrazine groups is 1. The van der Waals surface area contributed by atoms with Crippen LogP contribution in [-0.2, 0) is 11.2 Å². The molecule has 1 aliphatic rings. The third kappa shape index (κ3) is 3.37. The molecule has 3 nitrogen and oxygen atoms in total. The van der Waals surface area contributed by atoms with E-state index in [0.717, 1.165) is 31.2 Å². The van der Waals surface area contributed by atoms with Crippen LogP contribution in [0.1, 0.15) is 38.2 Å². The molecule has 4 heteroatoms. The molecule has 1 aromatic carbocycles. The van der Waals surface area contributed by atoms with Crippen molar-refractivity contribution in [1.82, 2.24) is 5.43 Å². The van der Waals surface area contributed by atoms with Gasteiger partial charge in [0.15, 0.2) is 0 Å². The monoisotopic (exact) mass is 280 g/mol. The minimum absolute atomic E-state index is 0.0423. The molecule has 3 N–H and O–H groups in total. The summed E-state index contributed by atoms with van der Waals surface area (Å²) in [7, 11) is 1.77. The number of nitrogens with one attached hydrogen (secondary N) is 1. The molecule has 112 valence electrons. The van der Waals surface area contributed by atoms with Crippen LogP contribution in [0.4, 0.5) is 4.39 Å². The highest BCUT2D eigenvalue weighted by Gasteiger charge is 2.41. The topological polar surface area (TPSA) is 47.3 Å². The summed E-state index contributed by atoms with van der Waals surface area (Å²) < 4.78 is 18.9. The molecule has 1 saturated carbocycles. The number of methoxy groups -OCH3 is 1. The van der Waals surface area contributed by atoms with Crippen LogP contribution in [0.2, 0.25) is 0 Å². The van der Waals surface area contributed by atoms with Crippen molar-refractivity contribution in [2.24, 2.45) is 11.8 Å². The maximum absolute atomic E-state index is 13.0. The van der Waals surface area contributed by atoms with Gasteiger partial charge in [0.05, 0.1) is 11.6 Å². The van der Waals surface area contributed by atoms with Crippen LogP contribution in [-0.4, -0.2) is 18.8 Å². The first-order chi connectivity index (χ1) is 9.59. The van der Waals surface area contributed by atoms with Gasteiger partial charge in [0.25, 0.3) is 0 Å². The van der Waals surface area contributed by atoms with Crippen molar-refractivity contribution in [2.75, 3.05) is 7.11 Å². The highest BCUT2D eigenvalue weighted by Crippen LogP contribution is 2.38. The lowest BCUT2D eigenvalue weighted by Gasteiger charge is -2.44. The second-order valence-corrected chi connectivity index (χ2v) is 6.02. The van der Waals surface area contributed by atoms with Gasteiger partial charge in [-0.3, -0.25) is 11.3 Å². The molecule has 1 fully saturated rings. The van der Waals surface area contributed by atoms with E-state index in [4.69, 9.17) is 10.6 Å².